The number of ether oxygens (including phenoxy) is 1. The van der Waals surface area contributed by atoms with E-state index in [0.29, 0.717) is 13.2 Å². The fourth-order valence-electron chi connectivity index (χ4n) is 5.86. The van der Waals surface area contributed by atoms with E-state index in [4.69, 9.17) is 4.74 Å². The number of pyridine rings is 1. The van der Waals surface area contributed by atoms with Crippen LogP contribution < -0.4 is 4.74 Å². The molecule has 7 nitrogen and oxygen atoms in total. The highest BCUT2D eigenvalue weighted by Crippen LogP contribution is 2.39. The van der Waals surface area contributed by atoms with Crippen molar-refractivity contribution < 1.29 is 22.7 Å². The van der Waals surface area contributed by atoms with Crippen LogP contribution in [0.15, 0.2) is 42.7 Å². The molecule has 0 saturated carbocycles. The lowest BCUT2D eigenvalue weighted by atomic mass is 9.96. The molecular formula is C29H34F3N5O2. The Bertz CT molecular complexity index is 1340. The lowest BCUT2D eigenvalue weighted by Gasteiger charge is -2.38. The Kier molecular flexibility index (Phi) is 7.41. The summed E-state index contributed by atoms with van der Waals surface area (Å²) >= 11 is 0. The average Bonchev–Trinajstić information content (AvgIpc) is 3.64. The second-order valence-corrected chi connectivity index (χ2v) is 10.6. The maximum Gasteiger partial charge on any atom is 0.417 e. The van der Waals surface area contributed by atoms with Crippen molar-refractivity contribution in [1.29, 1.82) is 0 Å². The van der Waals surface area contributed by atoms with Gasteiger partial charge in [-0.25, -0.2) is 0 Å². The highest BCUT2D eigenvalue weighted by molar-refractivity contribution is 5.93. The number of likely N-dealkylation sites (tertiary alicyclic amines) is 2. The van der Waals surface area contributed by atoms with Gasteiger partial charge < -0.3 is 9.64 Å². The molecule has 0 aliphatic carbocycles. The van der Waals surface area contributed by atoms with Crippen LogP contribution in [-0.4, -0.2) is 62.3 Å². The molecule has 3 aromatic rings. The number of carbonyl (C=O) groups is 1. The molecule has 3 atom stereocenters. The molecule has 0 unspecified atom stereocenters. The Labute approximate surface area is 226 Å². The highest BCUT2D eigenvalue weighted by atomic mass is 19.4. The summed E-state index contributed by atoms with van der Waals surface area (Å²) in [6.07, 6.45) is -0.0440. The van der Waals surface area contributed by atoms with E-state index in [2.05, 4.69) is 41.8 Å². The van der Waals surface area contributed by atoms with Gasteiger partial charge in [-0.1, -0.05) is 6.07 Å². The molecule has 5 rings (SSSR count). The Morgan fingerprint density at radius 3 is 2.49 bits per heavy atom. The number of nitrogens with zero attached hydrogens (tertiary/aromatic N) is 5. The topological polar surface area (TPSA) is 63.5 Å². The fraction of sp³-hybridized carbons (Fsp3) is 0.483. The number of hydrogen-bond acceptors (Lipinski definition) is 5. The minimum absolute atomic E-state index is 0.0247. The first-order chi connectivity index (χ1) is 18.5. The summed E-state index contributed by atoms with van der Waals surface area (Å²) < 4.78 is 46.6. The zero-order valence-electron chi connectivity index (χ0n) is 22.7. The summed E-state index contributed by atoms with van der Waals surface area (Å²) in [5, 5.41) is 4.41. The first-order valence-corrected chi connectivity index (χ1v) is 13.4. The third kappa shape index (κ3) is 5.52. The van der Waals surface area contributed by atoms with E-state index < -0.39 is 11.7 Å². The monoisotopic (exact) mass is 541 g/mol. The van der Waals surface area contributed by atoms with Gasteiger partial charge in [-0.2, -0.15) is 18.3 Å². The molecule has 0 radical (unpaired) electrons. The number of piperazine rings is 1. The van der Waals surface area contributed by atoms with Crippen LogP contribution >= 0.6 is 0 Å². The Hall–Kier alpha value is -3.40. The molecule has 2 aliphatic rings. The van der Waals surface area contributed by atoms with Crippen LogP contribution in [-0.2, 0) is 12.7 Å². The lowest BCUT2D eigenvalue weighted by Crippen LogP contribution is -2.49. The molecule has 2 saturated heterocycles. The van der Waals surface area contributed by atoms with Gasteiger partial charge in [0.05, 0.1) is 17.9 Å². The Balaban J connectivity index is 1.18. The molecule has 1 amide bonds. The summed E-state index contributed by atoms with van der Waals surface area (Å²) in [5.41, 5.74) is 3.77. The van der Waals surface area contributed by atoms with Crippen LogP contribution in [0.5, 0.6) is 5.75 Å². The van der Waals surface area contributed by atoms with E-state index in [1.54, 1.807) is 4.90 Å². The van der Waals surface area contributed by atoms with E-state index in [9.17, 15) is 18.0 Å². The van der Waals surface area contributed by atoms with E-state index in [1.165, 1.54) is 17.2 Å². The van der Waals surface area contributed by atoms with Crippen LogP contribution in [0.25, 0.3) is 0 Å². The van der Waals surface area contributed by atoms with Crippen molar-refractivity contribution in [2.24, 2.45) is 0 Å². The van der Waals surface area contributed by atoms with Crippen molar-refractivity contribution in [3.05, 3.63) is 76.4 Å². The molecule has 4 heterocycles. The number of alkyl halides is 3. The van der Waals surface area contributed by atoms with Gasteiger partial charge in [0, 0.05) is 56.6 Å². The van der Waals surface area contributed by atoms with Gasteiger partial charge in [-0.05, 0) is 75.1 Å². The molecule has 2 aliphatic heterocycles. The van der Waals surface area contributed by atoms with Gasteiger partial charge >= 0.3 is 6.18 Å². The minimum Gasteiger partial charge on any atom is -0.493 e. The number of benzene rings is 1. The van der Waals surface area contributed by atoms with E-state index >= 15 is 0 Å². The lowest BCUT2D eigenvalue weighted by molar-refractivity contribution is -0.137. The van der Waals surface area contributed by atoms with Gasteiger partial charge in [0.2, 0.25) is 0 Å². The first kappa shape index (κ1) is 27.2. The van der Waals surface area contributed by atoms with Crippen LogP contribution in [0.1, 0.15) is 64.2 Å². The molecule has 10 heteroatoms. The number of aryl methyl sites for hydroxylation is 2. The minimum atomic E-state index is -4.47. The number of aromatic nitrogens is 3. The van der Waals surface area contributed by atoms with Crippen LogP contribution in [0.2, 0.25) is 0 Å². The normalized spacial score (nSPS) is 20.0. The summed E-state index contributed by atoms with van der Waals surface area (Å²) in [6, 6.07) is 8.66. The predicted octanol–water partition coefficient (Wildman–Crippen LogP) is 5.35. The zero-order chi connectivity index (χ0) is 27.9. The molecule has 0 spiro atoms. The third-order valence-corrected chi connectivity index (χ3v) is 8.14. The Morgan fingerprint density at radius 1 is 1.08 bits per heavy atom. The zero-order valence-corrected chi connectivity index (χ0v) is 22.7. The quantitative estimate of drug-likeness (QED) is 0.360. The highest BCUT2D eigenvalue weighted by Gasteiger charge is 2.47. The molecule has 2 aromatic heterocycles. The van der Waals surface area contributed by atoms with Crippen molar-refractivity contribution in [3.8, 4) is 5.75 Å². The van der Waals surface area contributed by atoms with Crippen molar-refractivity contribution in [3.63, 3.8) is 0 Å². The smallest absolute Gasteiger partial charge is 0.417 e. The van der Waals surface area contributed by atoms with E-state index in [-0.39, 0.29) is 29.7 Å². The van der Waals surface area contributed by atoms with Gasteiger partial charge in [0.25, 0.3) is 5.91 Å². The van der Waals surface area contributed by atoms with E-state index in [1.807, 2.05) is 29.9 Å². The molecule has 39 heavy (non-hydrogen) atoms. The number of carbonyl (C=O) groups excluding carboxylic acids is 1. The maximum absolute atomic E-state index is 13.0. The number of rotatable bonds is 8. The van der Waals surface area contributed by atoms with Crippen molar-refractivity contribution in [2.75, 3.05) is 19.7 Å². The molecule has 208 valence electrons. The van der Waals surface area contributed by atoms with Crippen LogP contribution in [0, 0.1) is 20.8 Å². The van der Waals surface area contributed by atoms with Crippen LogP contribution in [0.4, 0.5) is 13.2 Å². The van der Waals surface area contributed by atoms with Crippen LogP contribution in [0.3, 0.4) is 0 Å². The molecule has 2 fully saturated rings. The second-order valence-electron chi connectivity index (χ2n) is 10.6. The second kappa shape index (κ2) is 10.6. The molecule has 2 bridgehead atoms. The predicted molar refractivity (Wildman–Crippen MR) is 141 cm³/mol. The number of fused-ring (bicyclic) bond motifs is 2. The SMILES string of the molecule is Cc1ccn(CCCOc2ccc([C@H](C)N3C[C@H]4C[C@@H]3CN4C(=O)c3ccc(C(F)(F)F)cn3)c(C)c2C)n1. The van der Waals surface area contributed by atoms with Gasteiger partial charge in [-0.15, -0.1) is 0 Å². The molecule has 1 aromatic carbocycles. The number of amides is 1. The maximum atomic E-state index is 13.0. The summed E-state index contributed by atoms with van der Waals surface area (Å²) in [4.78, 5) is 21.0. The summed E-state index contributed by atoms with van der Waals surface area (Å²) in [6.45, 7) is 11.1. The largest absolute Gasteiger partial charge is 0.493 e. The first-order valence-electron chi connectivity index (χ1n) is 13.4. The molecular weight excluding hydrogens is 507 g/mol. The fourth-order valence-corrected chi connectivity index (χ4v) is 5.86. The summed E-state index contributed by atoms with van der Waals surface area (Å²) in [7, 11) is 0. The van der Waals surface area contributed by atoms with Gasteiger partial charge in [0.1, 0.15) is 11.4 Å². The van der Waals surface area contributed by atoms with Crippen molar-refractivity contribution >= 4 is 5.91 Å². The van der Waals surface area contributed by atoms with Crippen molar-refractivity contribution in [2.45, 2.75) is 71.4 Å². The van der Waals surface area contributed by atoms with Gasteiger partial charge in [0.15, 0.2) is 0 Å². The Morgan fingerprint density at radius 2 is 1.87 bits per heavy atom. The molecule has 0 N–H and O–H groups in total. The van der Waals surface area contributed by atoms with Gasteiger partial charge in [-0.3, -0.25) is 19.4 Å². The summed E-state index contributed by atoms with van der Waals surface area (Å²) in [5.74, 6) is 0.587. The third-order valence-electron chi connectivity index (χ3n) is 8.14. The number of halogens is 3. The van der Waals surface area contributed by atoms with E-state index in [0.717, 1.165) is 55.2 Å². The number of hydrogen-bond donors (Lipinski definition) is 0. The van der Waals surface area contributed by atoms with Crippen molar-refractivity contribution in [1.82, 2.24) is 24.6 Å². The standard InChI is InChI=1S/C29H34F3N5O2/c1-18-10-12-35(34-18)11-5-13-39-27-9-7-25(19(2)20(27)3)21(4)36-16-24-14-23(36)17-37(24)28(38)26-8-6-22(15-33-26)29(30,31)32/h6-10,12,15,21,23-24H,5,11,13-14,16-17H2,1-4H3/t21-,23+,24+/m0/s1. The average molecular weight is 542 g/mol.